The molecule has 0 unspecified atom stereocenters. The summed E-state index contributed by atoms with van der Waals surface area (Å²) >= 11 is 6.11. The molecule has 0 radical (unpaired) electrons. The molecule has 0 aliphatic heterocycles. The Balaban J connectivity index is 2.64. The SMILES string of the molecule is CCCCCn1c(=O)[nH]c(=O)c2cccc(Cl)c21. The molecule has 0 atom stereocenters. The molecule has 0 fully saturated rings. The Morgan fingerprint density at radius 3 is 2.78 bits per heavy atom. The predicted octanol–water partition coefficient (Wildman–Crippen LogP) is 2.53. The average Bonchev–Trinajstić information content (AvgIpc) is 2.34. The normalized spacial score (nSPS) is 11.0. The number of aryl methyl sites for hydroxylation is 1. The van der Waals surface area contributed by atoms with Crippen molar-refractivity contribution in [3.63, 3.8) is 0 Å². The van der Waals surface area contributed by atoms with Crippen LogP contribution in [0.3, 0.4) is 0 Å². The quantitative estimate of drug-likeness (QED) is 0.865. The van der Waals surface area contributed by atoms with Crippen LogP contribution in [0, 0.1) is 0 Å². The summed E-state index contributed by atoms with van der Waals surface area (Å²) in [5.41, 5.74) is -0.245. The summed E-state index contributed by atoms with van der Waals surface area (Å²) in [5.74, 6) is 0. The van der Waals surface area contributed by atoms with Crippen molar-refractivity contribution in [2.24, 2.45) is 0 Å². The van der Waals surface area contributed by atoms with E-state index >= 15 is 0 Å². The summed E-state index contributed by atoms with van der Waals surface area (Å²) < 4.78 is 1.55. The second-order valence-corrected chi connectivity index (χ2v) is 4.66. The third kappa shape index (κ3) is 2.34. The van der Waals surface area contributed by atoms with Crippen molar-refractivity contribution in [1.82, 2.24) is 9.55 Å². The molecular weight excluding hydrogens is 252 g/mol. The van der Waals surface area contributed by atoms with E-state index in [-0.39, 0.29) is 5.56 Å². The van der Waals surface area contributed by atoms with Crippen LogP contribution in [-0.2, 0) is 6.54 Å². The predicted molar refractivity (Wildman–Crippen MR) is 73.4 cm³/mol. The molecule has 1 N–H and O–H groups in total. The van der Waals surface area contributed by atoms with Crippen LogP contribution in [0.1, 0.15) is 26.2 Å². The first-order valence-corrected chi connectivity index (χ1v) is 6.44. The number of unbranched alkanes of at least 4 members (excludes halogenated alkanes) is 2. The molecule has 0 aliphatic rings. The standard InChI is InChI=1S/C13H15ClN2O2/c1-2-3-4-8-16-11-9(6-5-7-10(11)14)12(17)15-13(16)18/h5-7H,2-4,8H2,1H3,(H,15,17,18). The van der Waals surface area contributed by atoms with Gasteiger partial charge >= 0.3 is 5.69 Å². The molecule has 2 rings (SSSR count). The molecule has 1 aromatic carbocycles. The van der Waals surface area contributed by atoms with E-state index in [9.17, 15) is 9.59 Å². The summed E-state index contributed by atoms with van der Waals surface area (Å²) in [6, 6.07) is 5.08. The summed E-state index contributed by atoms with van der Waals surface area (Å²) in [7, 11) is 0. The second-order valence-electron chi connectivity index (χ2n) is 4.25. The topological polar surface area (TPSA) is 54.9 Å². The fourth-order valence-corrected chi connectivity index (χ4v) is 2.32. The maximum atomic E-state index is 11.8. The summed E-state index contributed by atoms with van der Waals surface area (Å²) in [6.07, 6.45) is 3.00. The van der Waals surface area contributed by atoms with E-state index in [0.717, 1.165) is 19.3 Å². The Labute approximate surface area is 109 Å². The molecule has 1 heterocycles. The van der Waals surface area contributed by atoms with Gasteiger partial charge in [0, 0.05) is 6.54 Å². The number of aromatic nitrogens is 2. The van der Waals surface area contributed by atoms with Crippen molar-refractivity contribution in [2.75, 3.05) is 0 Å². The minimum atomic E-state index is -0.392. The number of hydrogen-bond donors (Lipinski definition) is 1. The van der Waals surface area contributed by atoms with Gasteiger partial charge in [0.15, 0.2) is 0 Å². The van der Waals surface area contributed by atoms with E-state index < -0.39 is 5.69 Å². The molecule has 0 aliphatic carbocycles. The molecule has 4 nitrogen and oxygen atoms in total. The zero-order valence-electron chi connectivity index (χ0n) is 10.2. The number of nitrogens with one attached hydrogen (secondary N) is 1. The highest BCUT2D eigenvalue weighted by molar-refractivity contribution is 6.35. The highest BCUT2D eigenvalue weighted by atomic mass is 35.5. The number of fused-ring (bicyclic) bond motifs is 1. The van der Waals surface area contributed by atoms with E-state index in [1.165, 1.54) is 0 Å². The Kier molecular flexibility index (Phi) is 3.87. The largest absolute Gasteiger partial charge is 0.328 e. The number of para-hydroxylation sites is 1. The monoisotopic (exact) mass is 266 g/mol. The van der Waals surface area contributed by atoms with E-state index in [4.69, 9.17) is 11.6 Å². The van der Waals surface area contributed by atoms with Gasteiger partial charge in [0.1, 0.15) is 0 Å². The number of hydrogen-bond acceptors (Lipinski definition) is 2. The van der Waals surface area contributed by atoms with Crippen LogP contribution >= 0.6 is 11.6 Å². The van der Waals surface area contributed by atoms with Crippen LogP contribution in [0.15, 0.2) is 27.8 Å². The summed E-state index contributed by atoms with van der Waals surface area (Å²) in [6.45, 7) is 2.67. The summed E-state index contributed by atoms with van der Waals surface area (Å²) in [4.78, 5) is 25.9. The zero-order chi connectivity index (χ0) is 13.1. The number of benzene rings is 1. The van der Waals surface area contributed by atoms with Gasteiger partial charge < -0.3 is 0 Å². The van der Waals surface area contributed by atoms with Crippen molar-refractivity contribution in [2.45, 2.75) is 32.7 Å². The molecule has 0 bridgehead atoms. The van der Waals surface area contributed by atoms with Crippen molar-refractivity contribution in [3.8, 4) is 0 Å². The van der Waals surface area contributed by atoms with Crippen LogP contribution < -0.4 is 11.2 Å². The lowest BCUT2D eigenvalue weighted by Gasteiger charge is -2.10. The molecule has 18 heavy (non-hydrogen) atoms. The van der Waals surface area contributed by atoms with Crippen LogP contribution in [0.2, 0.25) is 5.02 Å². The van der Waals surface area contributed by atoms with Crippen LogP contribution in [0.4, 0.5) is 0 Å². The van der Waals surface area contributed by atoms with E-state index in [0.29, 0.717) is 22.5 Å². The molecule has 0 spiro atoms. The average molecular weight is 267 g/mol. The van der Waals surface area contributed by atoms with Gasteiger partial charge in [-0.3, -0.25) is 14.3 Å². The lowest BCUT2D eigenvalue weighted by Crippen LogP contribution is -2.30. The highest BCUT2D eigenvalue weighted by Gasteiger charge is 2.09. The van der Waals surface area contributed by atoms with Gasteiger partial charge in [0.05, 0.1) is 15.9 Å². The zero-order valence-corrected chi connectivity index (χ0v) is 11.0. The highest BCUT2D eigenvalue weighted by Crippen LogP contribution is 2.19. The first-order chi connectivity index (χ1) is 8.65. The fraction of sp³-hybridized carbons (Fsp3) is 0.385. The van der Waals surface area contributed by atoms with Gasteiger partial charge in [-0.15, -0.1) is 0 Å². The van der Waals surface area contributed by atoms with Gasteiger partial charge in [-0.25, -0.2) is 4.79 Å². The summed E-state index contributed by atoms with van der Waals surface area (Å²) in [5, 5.41) is 0.894. The smallest absolute Gasteiger partial charge is 0.292 e. The third-order valence-corrected chi connectivity index (χ3v) is 3.26. The molecular formula is C13H15ClN2O2. The first-order valence-electron chi connectivity index (χ1n) is 6.06. The van der Waals surface area contributed by atoms with Crippen molar-refractivity contribution in [3.05, 3.63) is 44.1 Å². The van der Waals surface area contributed by atoms with Crippen molar-refractivity contribution in [1.29, 1.82) is 0 Å². The van der Waals surface area contributed by atoms with E-state index in [1.54, 1.807) is 22.8 Å². The van der Waals surface area contributed by atoms with Gasteiger partial charge in [0.2, 0.25) is 0 Å². The Hall–Kier alpha value is -1.55. The Bertz CT molecular complexity index is 673. The Morgan fingerprint density at radius 1 is 1.28 bits per heavy atom. The third-order valence-electron chi connectivity index (χ3n) is 2.95. The van der Waals surface area contributed by atoms with Crippen LogP contribution in [0.5, 0.6) is 0 Å². The first kappa shape index (κ1) is 12.9. The number of rotatable bonds is 4. The lowest BCUT2D eigenvalue weighted by molar-refractivity contribution is 0.591. The molecule has 96 valence electrons. The number of aromatic amines is 1. The Morgan fingerprint density at radius 2 is 2.06 bits per heavy atom. The van der Waals surface area contributed by atoms with Crippen molar-refractivity contribution >= 4 is 22.5 Å². The molecule has 0 saturated heterocycles. The molecule has 0 saturated carbocycles. The fourth-order valence-electron chi connectivity index (χ4n) is 2.04. The van der Waals surface area contributed by atoms with Gasteiger partial charge in [-0.1, -0.05) is 37.4 Å². The van der Waals surface area contributed by atoms with E-state index in [2.05, 4.69) is 11.9 Å². The van der Waals surface area contributed by atoms with Gasteiger partial charge in [-0.2, -0.15) is 0 Å². The van der Waals surface area contributed by atoms with E-state index in [1.807, 2.05) is 0 Å². The van der Waals surface area contributed by atoms with Crippen LogP contribution in [-0.4, -0.2) is 9.55 Å². The van der Waals surface area contributed by atoms with Crippen LogP contribution in [0.25, 0.3) is 10.9 Å². The molecule has 0 amide bonds. The second kappa shape index (κ2) is 5.40. The molecule has 5 heteroatoms. The van der Waals surface area contributed by atoms with Crippen molar-refractivity contribution < 1.29 is 0 Å². The van der Waals surface area contributed by atoms with Gasteiger partial charge in [-0.05, 0) is 18.6 Å². The maximum Gasteiger partial charge on any atom is 0.328 e. The molecule has 2 aromatic rings. The van der Waals surface area contributed by atoms with Gasteiger partial charge in [0.25, 0.3) is 5.56 Å². The molecule has 1 aromatic heterocycles. The number of H-pyrrole nitrogens is 1. The number of halogens is 1. The number of nitrogens with zero attached hydrogens (tertiary/aromatic N) is 1. The maximum absolute atomic E-state index is 11.8. The minimum Gasteiger partial charge on any atom is -0.292 e. The lowest BCUT2D eigenvalue weighted by atomic mass is 10.2. The minimum absolute atomic E-state index is 0.385.